The summed E-state index contributed by atoms with van der Waals surface area (Å²) in [4.78, 5) is 25.4. The average Bonchev–Trinajstić information content (AvgIpc) is 3.01. The minimum Gasteiger partial charge on any atom is -0.497 e. The molecule has 140 valence electrons. The second-order valence-corrected chi connectivity index (χ2v) is 7.63. The fourth-order valence-electron chi connectivity index (χ4n) is 3.08. The number of methoxy groups -OCH3 is 1. The second kappa shape index (κ2) is 8.23. The minimum absolute atomic E-state index is 0.306. The summed E-state index contributed by atoms with van der Waals surface area (Å²) in [5.74, 6) is 0.0410. The molecule has 0 aliphatic heterocycles. The molecule has 0 fully saturated rings. The molecule has 6 nitrogen and oxygen atoms in total. The molecule has 3 rings (SSSR count). The molecule has 0 saturated heterocycles. The molecule has 1 aliphatic rings. The zero-order valence-electron chi connectivity index (χ0n) is 15.2. The Labute approximate surface area is 161 Å². The number of nitriles is 1. The monoisotopic (exact) mass is 384 g/mol. The van der Waals surface area contributed by atoms with Crippen LogP contribution in [0.1, 0.15) is 39.7 Å². The molecule has 1 aromatic heterocycles. The molecule has 0 spiro atoms. The predicted octanol–water partition coefficient (Wildman–Crippen LogP) is 3.55. The van der Waals surface area contributed by atoms with Crippen molar-refractivity contribution in [2.75, 3.05) is 19.0 Å². The van der Waals surface area contributed by atoms with E-state index in [1.54, 1.807) is 24.3 Å². The van der Waals surface area contributed by atoms with Gasteiger partial charge < -0.3 is 14.8 Å². The van der Waals surface area contributed by atoms with Crippen molar-refractivity contribution in [1.29, 1.82) is 5.26 Å². The van der Waals surface area contributed by atoms with Crippen LogP contribution in [0.5, 0.6) is 5.75 Å². The molecule has 1 atom stereocenters. The third kappa shape index (κ3) is 4.29. The maximum absolute atomic E-state index is 12.2. The van der Waals surface area contributed by atoms with Crippen LogP contribution in [0.15, 0.2) is 24.3 Å². The second-order valence-electron chi connectivity index (χ2n) is 6.52. The van der Waals surface area contributed by atoms with Crippen LogP contribution in [0.2, 0.25) is 0 Å². The molecule has 1 aliphatic carbocycles. The SMILES string of the molecule is COc1cccc(C(=O)OCC(=O)Nc2sc3c(c2C#N)CC[C@@H](C)C3)c1. The summed E-state index contributed by atoms with van der Waals surface area (Å²) in [5, 5.41) is 12.7. The number of nitrogens with zero attached hydrogens (tertiary/aromatic N) is 1. The molecular formula is C20H20N2O4S. The van der Waals surface area contributed by atoms with Crippen molar-refractivity contribution < 1.29 is 19.1 Å². The molecule has 1 heterocycles. The van der Waals surface area contributed by atoms with Crippen molar-refractivity contribution >= 4 is 28.2 Å². The number of fused-ring (bicyclic) bond motifs is 1. The number of hydrogen-bond donors (Lipinski definition) is 1. The predicted molar refractivity (Wildman–Crippen MR) is 102 cm³/mol. The zero-order chi connectivity index (χ0) is 19.4. The van der Waals surface area contributed by atoms with Gasteiger partial charge >= 0.3 is 5.97 Å². The quantitative estimate of drug-likeness (QED) is 0.797. The first-order chi connectivity index (χ1) is 13.0. The Morgan fingerprint density at radius 3 is 2.96 bits per heavy atom. The number of anilines is 1. The van der Waals surface area contributed by atoms with Crippen LogP contribution in [0, 0.1) is 17.2 Å². The lowest BCUT2D eigenvalue weighted by molar-refractivity contribution is -0.119. The third-order valence-corrected chi connectivity index (χ3v) is 5.69. The summed E-state index contributed by atoms with van der Waals surface area (Å²) in [6.07, 6.45) is 2.83. The smallest absolute Gasteiger partial charge is 0.338 e. The number of hydrogen-bond acceptors (Lipinski definition) is 6. The van der Waals surface area contributed by atoms with Crippen molar-refractivity contribution in [3.05, 3.63) is 45.8 Å². The van der Waals surface area contributed by atoms with Crippen LogP contribution in [-0.4, -0.2) is 25.6 Å². The van der Waals surface area contributed by atoms with Gasteiger partial charge in [-0.15, -0.1) is 11.3 Å². The fourth-order valence-corrected chi connectivity index (χ4v) is 4.46. The van der Waals surface area contributed by atoms with E-state index in [0.29, 0.717) is 27.8 Å². The molecule has 1 amide bonds. The van der Waals surface area contributed by atoms with Gasteiger partial charge in [0.2, 0.25) is 0 Å². The molecule has 7 heteroatoms. The Hall–Kier alpha value is -2.85. The number of rotatable bonds is 5. The van der Waals surface area contributed by atoms with E-state index in [-0.39, 0.29) is 0 Å². The highest BCUT2D eigenvalue weighted by atomic mass is 32.1. The topological polar surface area (TPSA) is 88.4 Å². The van der Waals surface area contributed by atoms with E-state index >= 15 is 0 Å². The zero-order valence-corrected chi connectivity index (χ0v) is 16.0. The first-order valence-corrected chi connectivity index (χ1v) is 9.49. The van der Waals surface area contributed by atoms with Crippen molar-refractivity contribution in [1.82, 2.24) is 0 Å². The van der Waals surface area contributed by atoms with Crippen molar-refractivity contribution in [3.8, 4) is 11.8 Å². The Kier molecular flexibility index (Phi) is 5.77. The highest BCUT2D eigenvalue weighted by Crippen LogP contribution is 2.39. The van der Waals surface area contributed by atoms with Crippen molar-refractivity contribution in [3.63, 3.8) is 0 Å². The summed E-state index contributed by atoms with van der Waals surface area (Å²) < 4.78 is 10.1. The Balaban J connectivity index is 1.63. The molecule has 0 saturated carbocycles. The van der Waals surface area contributed by atoms with E-state index in [1.807, 2.05) is 0 Å². The largest absolute Gasteiger partial charge is 0.497 e. The number of esters is 1. The number of ether oxygens (including phenoxy) is 2. The first-order valence-electron chi connectivity index (χ1n) is 8.67. The standard InChI is InChI=1S/C20H20N2O4S/c1-12-6-7-15-16(10-21)19(27-17(15)8-12)22-18(23)11-26-20(24)13-4-3-5-14(9-13)25-2/h3-5,9,12H,6-8,11H2,1-2H3,(H,22,23)/t12-/m1/s1. The van der Waals surface area contributed by atoms with Crippen molar-refractivity contribution in [2.24, 2.45) is 5.92 Å². The number of carbonyl (C=O) groups is 2. The summed E-state index contributed by atoms with van der Waals surface area (Å²) in [6.45, 7) is 1.77. The molecule has 0 bridgehead atoms. The lowest BCUT2D eigenvalue weighted by atomic mass is 9.89. The van der Waals surface area contributed by atoms with E-state index in [1.165, 1.54) is 18.4 Å². The van der Waals surface area contributed by atoms with Gasteiger partial charge in [0.15, 0.2) is 6.61 Å². The molecular weight excluding hydrogens is 364 g/mol. The van der Waals surface area contributed by atoms with Crippen LogP contribution in [0.25, 0.3) is 0 Å². The summed E-state index contributed by atoms with van der Waals surface area (Å²) in [5.41, 5.74) is 1.89. The Bertz CT molecular complexity index is 913. The van der Waals surface area contributed by atoms with Crippen LogP contribution >= 0.6 is 11.3 Å². The van der Waals surface area contributed by atoms with Crippen molar-refractivity contribution in [2.45, 2.75) is 26.2 Å². The van der Waals surface area contributed by atoms with Gasteiger partial charge in [0.25, 0.3) is 5.91 Å². The van der Waals surface area contributed by atoms with Gasteiger partial charge in [0.1, 0.15) is 16.8 Å². The highest BCUT2D eigenvalue weighted by Gasteiger charge is 2.24. The Morgan fingerprint density at radius 2 is 2.22 bits per heavy atom. The number of amides is 1. The van der Waals surface area contributed by atoms with Crippen LogP contribution in [-0.2, 0) is 22.4 Å². The lowest BCUT2D eigenvalue weighted by Crippen LogP contribution is -2.21. The van der Waals surface area contributed by atoms with Gasteiger partial charge in [0.05, 0.1) is 18.2 Å². The third-order valence-electron chi connectivity index (χ3n) is 4.52. The summed E-state index contributed by atoms with van der Waals surface area (Å²) in [6, 6.07) is 8.72. The van der Waals surface area contributed by atoms with E-state index in [9.17, 15) is 14.9 Å². The molecule has 0 radical (unpaired) electrons. The molecule has 0 unspecified atom stereocenters. The van der Waals surface area contributed by atoms with Gasteiger partial charge in [-0.25, -0.2) is 4.79 Å². The molecule has 27 heavy (non-hydrogen) atoms. The maximum Gasteiger partial charge on any atom is 0.338 e. The van der Waals surface area contributed by atoms with Gasteiger partial charge in [-0.1, -0.05) is 13.0 Å². The highest BCUT2D eigenvalue weighted by molar-refractivity contribution is 7.16. The number of carbonyl (C=O) groups excluding carboxylic acids is 2. The van der Waals surface area contributed by atoms with E-state index < -0.39 is 18.5 Å². The van der Waals surface area contributed by atoms with E-state index in [0.717, 1.165) is 29.7 Å². The Morgan fingerprint density at radius 1 is 1.41 bits per heavy atom. The van der Waals surface area contributed by atoms with Crippen LogP contribution in [0.3, 0.4) is 0 Å². The van der Waals surface area contributed by atoms with Gasteiger partial charge in [-0.05, 0) is 48.9 Å². The number of thiophene rings is 1. The molecule has 1 N–H and O–H groups in total. The lowest BCUT2D eigenvalue weighted by Gasteiger charge is -2.17. The first kappa shape index (κ1) is 18.9. The van der Waals surface area contributed by atoms with E-state index in [2.05, 4.69) is 18.3 Å². The summed E-state index contributed by atoms with van der Waals surface area (Å²) in [7, 11) is 1.51. The maximum atomic E-state index is 12.2. The van der Waals surface area contributed by atoms with E-state index in [4.69, 9.17) is 9.47 Å². The fraction of sp³-hybridized carbons (Fsp3) is 0.350. The summed E-state index contributed by atoms with van der Waals surface area (Å²) >= 11 is 1.44. The van der Waals surface area contributed by atoms with Crippen LogP contribution < -0.4 is 10.1 Å². The number of nitrogens with one attached hydrogen (secondary N) is 1. The normalized spacial score (nSPS) is 15.4. The van der Waals surface area contributed by atoms with Crippen LogP contribution in [0.4, 0.5) is 5.00 Å². The van der Waals surface area contributed by atoms with Gasteiger partial charge in [-0.3, -0.25) is 4.79 Å². The molecule has 2 aromatic rings. The minimum atomic E-state index is -0.608. The van der Waals surface area contributed by atoms with Gasteiger partial charge in [-0.2, -0.15) is 5.26 Å². The van der Waals surface area contributed by atoms with Gasteiger partial charge in [0, 0.05) is 4.88 Å². The average molecular weight is 384 g/mol. The molecule has 1 aromatic carbocycles. The number of benzene rings is 1.